The Kier molecular flexibility index (Phi) is 6.13. The zero-order chi connectivity index (χ0) is 24.1. The molecule has 1 aromatic carbocycles. The molecule has 13 heteroatoms. The fraction of sp³-hybridized carbons (Fsp3) is 0.526. The molecule has 2 fully saturated rings. The van der Waals surface area contributed by atoms with Crippen molar-refractivity contribution in [3.05, 3.63) is 29.8 Å². The second-order valence-electron chi connectivity index (χ2n) is 7.87. The first-order valence-electron chi connectivity index (χ1n) is 9.59. The van der Waals surface area contributed by atoms with Gasteiger partial charge in [0.1, 0.15) is 16.7 Å². The Morgan fingerprint density at radius 1 is 1.31 bits per heavy atom. The average molecular weight is 490 g/mol. The van der Waals surface area contributed by atoms with Crippen molar-refractivity contribution in [2.75, 3.05) is 6.61 Å². The number of esters is 2. The predicted molar refractivity (Wildman–Crippen MR) is 108 cm³/mol. The molecular formula is C19H23NO10S2. The first-order valence-corrected chi connectivity index (χ1v) is 12.5. The SMILES string of the molecule is CC(=O)OC[C@@]1(C)[C@H](C(=O)OC(C)OS(=O)(=O)c2cccc(C)c2)N2C(=O)C[C@H]2S1(=O)=O. The van der Waals surface area contributed by atoms with Crippen LogP contribution in [-0.2, 0) is 48.0 Å². The summed E-state index contributed by atoms with van der Waals surface area (Å²) in [4.78, 5) is 37.0. The highest BCUT2D eigenvalue weighted by Gasteiger charge is 2.70. The summed E-state index contributed by atoms with van der Waals surface area (Å²) in [6, 6.07) is 4.24. The summed E-state index contributed by atoms with van der Waals surface area (Å²) >= 11 is 0. The van der Waals surface area contributed by atoms with E-state index in [1.807, 2.05) is 0 Å². The lowest BCUT2D eigenvalue weighted by molar-refractivity contribution is -0.175. The van der Waals surface area contributed by atoms with Crippen LogP contribution in [0.5, 0.6) is 0 Å². The van der Waals surface area contributed by atoms with Crippen molar-refractivity contribution in [3.63, 3.8) is 0 Å². The number of carbonyl (C=O) groups is 3. The number of fused-ring (bicyclic) bond motifs is 1. The van der Waals surface area contributed by atoms with E-state index < -0.39 is 66.9 Å². The average Bonchev–Trinajstić information content (AvgIpc) is 2.80. The third kappa shape index (κ3) is 3.99. The monoisotopic (exact) mass is 489 g/mol. The molecular weight excluding hydrogens is 466 g/mol. The zero-order valence-electron chi connectivity index (χ0n) is 17.8. The number of hydrogen-bond acceptors (Lipinski definition) is 10. The number of hydrogen-bond donors (Lipinski definition) is 0. The molecule has 0 aromatic heterocycles. The fourth-order valence-corrected chi connectivity index (χ4v) is 7.10. The molecule has 0 aliphatic carbocycles. The maximum atomic E-state index is 13.0. The largest absolute Gasteiger partial charge is 0.464 e. The summed E-state index contributed by atoms with van der Waals surface area (Å²) in [7, 11) is -8.39. The van der Waals surface area contributed by atoms with E-state index in [0.717, 1.165) is 18.7 Å². The van der Waals surface area contributed by atoms with Gasteiger partial charge in [0.05, 0.1) is 11.3 Å². The van der Waals surface area contributed by atoms with Crippen LogP contribution in [0.3, 0.4) is 0 Å². The van der Waals surface area contributed by atoms with Crippen LogP contribution in [0.25, 0.3) is 0 Å². The van der Waals surface area contributed by atoms with Gasteiger partial charge in [-0.2, -0.15) is 8.42 Å². The lowest BCUT2D eigenvalue weighted by atomic mass is 9.97. The number of benzene rings is 1. The van der Waals surface area contributed by atoms with Crippen LogP contribution in [-0.4, -0.2) is 68.6 Å². The van der Waals surface area contributed by atoms with E-state index in [4.69, 9.17) is 13.7 Å². The first kappa shape index (κ1) is 24.1. The smallest absolute Gasteiger partial charge is 0.333 e. The van der Waals surface area contributed by atoms with E-state index in [-0.39, 0.29) is 11.3 Å². The van der Waals surface area contributed by atoms with Gasteiger partial charge in [-0.1, -0.05) is 12.1 Å². The van der Waals surface area contributed by atoms with E-state index in [9.17, 15) is 31.2 Å². The van der Waals surface area contributed by atoms with Gasteiger partial charge < -0.3 is 14.4 Å². The number of amides is 1. The maximum absolute atomic E-state index is 13.0. The van der Waals surface area contributed by atoms with Crippen LogP contribution < -0.4 is 0 Å². The molecule has 0 radical (unpaired) electrons. The molecule has 1 unspecified atom stereocenters. The molecule has 11 nitrogen and oxygen atoms in total. The van der Waals surface area contributed by atoms with E-state index >= 15 is 0 Å². The Balaban J connectivity index is 1.83. The normalized spacial score (nSPS) is 27.2. The highest BCUT2D eigenvalue weighted by Crippen LogP contribution is 2.46. The Bertz CT molecular complexity index is 1180. The minimum Gasteiger partial charge on any atom is -0.464 e. The Hall–Kier alpha value is -2.51. The van der Waals surface area contributed by atoms with Gasteiger partial charge in [-0.25, -0.2) is 17.4 Å². The molecule has 3 rings (SSSR count). The van der Waals surface area contributed by atoms with Crippen molar-refractivity contribution in [2.24, 2.45) is 0 Å². The molecule has 2 aliphatic rings. The van der Waals surface area contributed by atoms with E-state index in [2.05, 4.69) is 0 Å². The summed E-state index contributed by atoms with van der Waals surface area (Å²) in [5.74, 6) is -2.55. The molecule has 0 spiro atoms. The van der Waals surface area contributed by atoms with Crippen LogP contribution >= 0.6 is 0 Å². The van der Waals surface area contributed by atoms with Gasteiger partial charge in [-0.3, -0.25) is 9.59 Å². The standard InChI is InChI=1S/C19H23NO10S2/c1-11-6-5-7-14(8-11)32(26,27)30-13(3)29-18(23)17-19(4,10-28-12(2)21)31(24,25)16-9-15(22)20(16)17/h5-8,13,16-17H,9-10H2,1-4H3/t13?,16-,17+,19+/m1/s1. The number of rotatable bonds is 7. The number of carbonyl (C=O) groups excluding carboxylic acids is 3. The minimum atomic E-state index is -4.29. The quantitative estimate of drug-likeness (QED) is 0.226. The first-order chi connectivity index (χ1) is 14.7. The van der Waals surface area contributed by atoms with Crippen LogP contribution in [0.15, 0.2) is 29.2 Å². The van der Waals surface area contributed by atoms with Crippen molar-refractivity contribution in [1.29, 1.82) is 0 Å². The molecule has 2 aliphatic heterocycles. The second kappa shape index (κ2) is 8.12. The molecule has 1 amide bonds. The molecule has 1 aromatic rings. The molecule has 4 atom stereocenters. The van der Waals surface area contributed by atoms with Gasteiger partial charge in [0.25, 0.3) is 10.1 Å². The number of nitrogens with zero attached hydrogens (tertiary/aromatic N) is 1. The third-order valence-corrected chi connectivity index (χ3v) is 9.53. The van der Waals surface area contributed by atoms with Crippen LogP contribution in [0.4, 0.5) is 0 Å². The van der Waals surface area contributed by atoms with Crippen molar-refractivity contribution in [3.8, 4) is 0 Å². The Labute approximate surface area is 185 Å². The summed E-state index contributed by atoms with van der Waals surface area (Å²) in [6.45, 7) is 4.41. The second-order valence-corrected chi connectivity index (χ2v) is 12.0. The highest BCUT2D eigenvalue weighted by atomic mass is 32.2. The lowest BCUT2D eigenvalue weighted by Crippen LogP contribution is -2.59. The minimum absolute atomic E-state index is 0.151. The molecule has 2 saturated heterocycles. The van der Waals surface area contributed by atoms with Crippen LogP contribution in [0, 0.1) is 6.92 Å². The van der Waals surface area contributed by atoms with Gasteiger partial charge in [0.2, 0.25) is 12.2 Å². The van der Waals surface area contributed by atoms with E-state index in [1.165, 1.54) is 25.1 Å². The zero-order valence-corrected chi connectivity index (χ0v) is 19.4. The maximum Gasteiger partial charge on any atom is 0.333 e. The Morgan fingerprint density at radius 2 is 1.97 bits per heavy atom. The lowest BCUT2D eigenvalue weighted by Gasteiger charge is -2.36. The number of aryl methyl sites for hydroxylation is 1. The third-order valence-electron chi connectivity index (χ3n) is 5.42. The van der Waals surface area contributed by atoms with Gasteiger partial charge >= 0.3 is 11.9 Å². The van der Waals surface area contributed by atoms with Crippen molar-refractivity contribution >= 4 is 37.8 Å². The number of ether oxygens (including phenoxy) is 2. The molecule has 0 N–H and O–H groups in total. The van der Waals surface area contributed by atoms with Crippen molar-refractivity contribution in [2.45, 2.75) is 61.5 Å². The van der Waals surface area contributed by atoms with Crippen LogP contribution in [0.2, 0.25) is 0 Å². The Morgan fingerprint density at radius 3 is 2.53 bits per heavy atom. The fourth-order valence-electron chi connectivity index (χ4n) is 3.75. The van der Waals surface area contributed by atoms with Gasteiger partial charge in [-0.05, 0) is 38.5 Å². The molecule has 2 heterocycles. The highest BCUT2D eigenvalue weighted by molar-refractivity contribution is 7.94. The molecule has 0 bridgehead atoms. The number of β-lactam (4-membered cyclic amide) rings is 1. The van der Waals surface area contributed by atoms with Gasteiger partial charge in [0, 0.05) is 6.92 Å². The van der Waals surface area contributed by atoms with Gasteiger partial charge in [-0.15, -0.1) is 0 Å². The van der Waals surface area contributed by atoms with Crippen molar-refractivity contribution < 1.29 is 44.9 Å². The van der Waals surface area contributed by atoms with E-state index in [0.29, 0.717) is 5.56 Å². The summed E-state index contributed by atoms with van der Waals surface area (Å²) in [5.41, 5.74) is 0.666. The molecule has 0 saturated carbocycles. The van der Waals surface area contributed by atoms with Gasteiger partial charge in [0.15, 0.2) is 15.9 Å². The molecule has 32 heavy (non-hydrogen) atoms. The molecule has 176 valence electrons. The summed E-state index contributed by atoms with van der Waals surface area (Å²) < 4.78 is 63.7. The number of sulfone groups is 1. The topological polar surface area (TPSA) is 150 Å². The van der Waals surface area contributed by atoms with Crippen molar-refractivity contribution in [1.82, 2.24) is 4.90 Å². The predicted octanol–water partition coefficient (Wildman–Crippen LogP) is 0.267. The van der Waals surface area contributed by atoms with E-state index in [1.54, 1.807) is 13.0 Å². The van der Waals surface area contributed by atoms with Crippen LogP contribution in [0.1, 0.15) is 32.8 Å². The summed E-state index contributed by atoms with van der Waals surface area (Å²) in [6.07, 6.45) is -1.93. The summed E-state index contributed by atoms with van der Waals surface area (Å²) in [5, 5.41) is -1.25.